The fourth-order valence-electron chi connectivity index (χ4n) is 2.07. The van der Waals surface area contributed by atoms with Crippen LogP contribution in [0, 0.1) is 0 Å². The standard InChI is InChI=1S/C12H18ClN5O/c1-4-17(5-2)10-9-11(16-12(13)15-10)18(7-14-9)6-8(3)19/h7-8,19H,4-6H2,1-3H3/t8-/m0/s1. The molecule has 7 heteroatoms. The van der Waals surface area contributed by atoms with Crippen molar-refractivity contribution in [2.24, 2.45) is 0 Å². The number of aliphatic hydroxyl groups excluding tert-OH is 1. The Hall–Kier alpha value is -1.40. The van der Waals surface area contributed by atoms with Gasteiger partial charge in [0, 0.05) is 13.1 Å². The average Bonchev–Trinajstić information content (AvgIpc) is 2.73. The summed E-state index contributed by atoms with van der Waals surface area (Å²) in [4.78, 5) is 14.9. The first-order valence-corrected chi connectivity index (χ1v) is 6.76. The van der Waals surface area contributed by atoms with Crippen LogP contribution in [0.25, 0.3) is 11.2 Å². The Kier molecular flexibility index (Phi) is 4.21. The minimum absolute atomic E-state index is 0.196. The lowest BCUT2D eigenvalue weighted by Gasteiger charge is -2.19. The van der Waals surface area contributed by atoms with Crippen molar-refractivity contribution in [3.8, 4) is 0 Å². The number of aromatic nitrogens is 4. The van der Waals surface area contributed by atoms with Crippen molar-refractivity contribution in [1.82, 2.24) is 19.5 Å². The van der Waals surface area contributed by atoms with E-state index in [1.807, 2.05) is 0 Å². The molecule has 2 heterocycles. The van der Waals surface area contributed by atoms with Crippen LogP contribution in [0.4, 0.5) is 5.82 Å². The molecule has 104 valence electrons. The van der Waals surface area contributed by atoms with Gasteiger partial charge in [0.25, 0.3) is 0 Å². The molecular formula is C12H18ClN5O. The van der Waals surface area contributed by atoms with Crippen molar-refractivity contribution in [2.75, 3.05) is 18.0 Å². The van der Waals surface area contributed by atoms with E-state index in [1.54, 1.807) is 17.8 Å². The molecule has 2 aromatic rings. The Morgan fingerprint density at radius 2 is 2.05 bits per heavy atom. The second-order valence-electron chi connectivity index (χ2n) is 4.41. The summed E-state index contributed by atoms with van der Waals surface area (Å²) in [6.45, 7) is 7.90. The van der Waals surface area contributed by atoms with Gasteiger partial charge < -0.3 is 14.6 Å². The summed E-state index contributed by atoms with van der Waals surface area (Å²) in [5.41, 5.74) is 1.37. The van der Waals surface area contributed by atoms with Gasteiger partial charge in [0.2, 0.25) is 5.28 Å². The van der Waals surface area contributed by atoms with E-state index in [1.165, 1.54) is 0 Å². The van der Waals surface area contributed by atoms with Crippen molar-refractivity contribution < 1.29 is 5.11 Å². The Morgan fingerprint density at radius 1 is 1.37 bits per heavy atom. The van der Waals surface area contributed by atoms with Gasteiger partial charge in [-0.15, -0.1) is 0 Å². The summed E-state index contributed by atoms with van der Waals surface area (Å²) < 4.78 is 1.79. The van der Waals surface area contributed by atoms with E-state index in [0.717, 1.165) is 18.9 Å². The second-order valence-corrected chi connectivity index (χ2v) is 4.74. The van der Waals surface area contributed by atoms with E-state index in [2.05, 4.69) is 33.7 Å². The Bertz CT molecular complexity index is 564. The summed E-state index contributed by atoms with van der Waals surface area (Å²) in [5.74, 6) is 0.740. The molecule has 0 radical (unpaired) electrons. The Balaban J connectivity index is 2.57. The van der Waals surface area contributed by atoms with Crippen LogP contribution >= 0.6 is 11.6 Å². The minimum atomic E-state index is -0.469. The number of halogens is 1. The lowest BCUT2D eigenvalue weighted by molar-refractivity contribution is 0.175. The number of hydrogen-bond acceptors (Lipinski definition) is 5. The molecule has 0 unspecified atom stereocenters. The molecule has 0 aliphatic rings. The number of anilines is 1. The van der Waals surface area contributed by atoms with Crippen LogP contribution in [0.2, 0.25) is 5.28 Å². The summed E-state index contributed by atoms with van der Waals surface area (Å²) in [6, 6.07) is 0. The van der Waals surface area contributed by atoms with Crippen LogP contribution in [0.5, 0.6) is 0 Å². The molecule has 1 atom stereocenters. The fourth-order valence-corrected chi connectivity index (χ4v) is 2.23. The number of fused-ring (bicyclic) bond motifs is 1. The van der Waals surface area contributed by atoms with Crippen molar-refractivity contribution >= 4 is 28.6 Å². The summed E-state index contributed by atoms with van der Waals surface area (Å²) in [6.07, 6.45) is 1.19. The smallest absolute Gasteiger partial charge is 0.226 e. The molecule has 6 nitrogen and oxygen atoms in total. The third-order valence-corrected chi connectivity index (χ3v) is 3.11. The number of hydrogen-bond donors (Lipinski definition) is 1. The zero-order valence-corrected chi connectivity index (χ0v) is 12.1. The van der Waals surface area contributed by atoms with Gasteiger partial charge in [-0.1, -0.05) is 0 Å². The summed E-state index contributed by atoms with van der Waals surface area (Å²) >= 11 is 5.99. The van der Waals surface area contributed by atoms with Crippen LogP contribution in [0.15, 0.2) is 6.33 Å². The maximum atomic E-state index is 9.49. The van der Waals surface area contributed by atoms with Crippen molar-refractivity contribution in [1.29, 1.82) is 0 Å². The molecule has 1 N–H and O–H groups in total. The van der Waals surface area contributed by atoms with Gasteiger partial charge in [0.1, 0.15) is 0 Å². The quantitative estimate of drug-likeness (QED) is 0.846. The largest absolute Gasteiger partial charge is 0.392 e. The number of rotatable bonds is 5. The van der Waals surface area contributed by atoms with Gasteiger partial charge in [-0.05, 0) is 32.4 Å². The third-order valence-electron chi connectivity index (χ3n) is 2.94. The molecule has 0 aromatic carbocycles. The first kappa shape index (κ1) is 14.0. The number of aliphatic hydroxyl groups is 1. The van der Waals surface area contributed by atoms with Crippen LogP contribution in [0.3, 0.4) is 0 Å². The number of imidazole rings is 1. The first-order valence-electron chi connectivity index (χ1n) is 6.38. The molecule has 0 aliphatic carbocycles. The molecule has 0 bridgehead atoms. The van der Waals surface area contributed by atoms with E-state index >= 15 is 0 Å². The number of nitrogens with zero attached hydrogens (tertiary/aromatic N) is 5. The van der Waals surface area contributed by atoms with E-state index in [9.17, 15) is 5.11 Å². The van der Waals surface area contributed by atoms with Gasteiger partial charge in [-0.2, -0.15) is 9.97 Å². The highest BCUT2D eigenvalue weighted by molar-refractivity contribution is 6.28. The monoisotopic (exact) mass is 283 g/mol. The Morgan fingerprint density at radius 3 is 2.63 bits per heavy atom. The van der Waals surface area contributed by atoms with E-state index in [4.69, 9.17) is 11.6 Å². The van der Waals surface area contributed by atoms with Gasteiger partial charge in [-0.25, -0.2) is 4.98 Å². The zero-order valence-electron chi connectivity index (χ0n) is 11.3. The topological polar surface area (TPSA) is 67.1 Å². The molecule has 19 heavy (non-hydrogen) atoms. The lowest BCUT2D eigenvalue weighted by Crippen LogP contribution is -2.23. The lowest BCUT2D eigenvalue weighted by atomic mass is 10.4. The maximum Gasteiger partial charge on any atom is 0.226 e. The molecule has 0 fully saturated rings. The van der Waals surface area contributed by atoms with Crippen LogP contribution in [-0.4, -0.2) is 43.8 Å². The van der Waals surface area contributed by atoms with Gasteiger partial charge in [0.05, 0.1) is 19.0 Å². The zero-order chi connectivity index (χ0) is 14.0. The van der Waals surface area contributed by atoms with Crippen LogP contribution < -0.4 is 4.90 Å². The normalized spacial score (nSPS) is 12.9. The Labute approximate surface area is 117 Å². The van der Waals surface area contributed by atoms with Gasteiger partial charge >= 0.3 is 0 Å². The molecule has 0 amide bonds. The van der Waals surface area contributed by atoms with E-state index < -0.39 is 6.10 Å². The van der Waals surface area contributed by atoms with Gasteiger partial charge in [-0.3, -0.25) is 0 Å². The third kappa shape index (κ3) is 2.79. The predicted molar refractivity (Wildman–Crippen MR) is 75.6 cm³/mol. The van der Waals surface area contributed by atoms with Crippen molar-refractivity contribution in [2.45, 2.75) is 33.4 Å². The predicted octanol–water partition coefficient (Wildman–Crippen LogP) is 1.71. The van der Waals surface area contributed by atoms with Crippen LogP contribution in [-0.2, 0) is 6.54 Å². The van der Waals surface area contributed by atoms with Crippen molar-refractivity contribution in [3.63, 3.8) is 0 Å². The summed E-state index contributed by atoms with van der Waals surface area (Å²) in [7, 11) is 0. The highest BCUT2D eigenvalue weighted by atomic mass is 35.5. The molecule has 2 rings (SSSR count). The molecule has 0 spiro atoms. The molecule has 2 aromatic heterocycles. The molecule has 0 saturated heterocycles. The van der Waals surface area contributed by atoms with Gasteiger partial charge in [0.15, 0.2) is 17.0 Å². The van der Waals surface area contributed by atoms with Crippen molar-refractivity contribution in [3.05, 3.63) is 11.6 Å². The minimum Gasteiger partial charge on any atom is -0.392 e. The summed E-state index contributed by atoms with van der Waals surface area (Å²) in [5, 5.41) is 9.68. The molecule has 0 aliphatic heterocycles. The SMILES string of the molecule is CCN(CC)c1nc(Cl)nc2c1ncn2C[C@H](C)O. The van der Waals surface area contributed by atoms with Crippen LogP contribution in [0.1, 0.15) is 20.8 Å². The molecular weight excluding hydrogens is 266 g/mol. The first-order chi connectivity index (χ1) is 9.06. The average molecular weight is 284 g/mol. The van der Waals surface area contributed by atoms with E-state index in [0.29, 0.717) is 17.7 Å². The maximum absolute atomic E-state index is 9.49. The highest BCUT2D eigenvalue weighted by Crippen LogP contribution is 2.24. The highest BCUT2D eigenvalue weighted by Gasteiger charge is 2.16. The molecule has 0 saturated carbocycles. The van der Waals surface area contributed by atoms with E-state index in [-0.39, 0.29) is 5.28 Å². The second kappa shape index (κ2) is 5.71. The fraction of sp³-hybridized carbons (Fsp3) is 0.583.